The van der Waals surface area contributed by atoms with Crippen molar-refractivity contribution in [3.05, 3.63) is 88.2 Å². The highest BCUT2D eigenvalue weighted by Gasteiger charge is 2.33. The summed E-state index contributed by atoms with van der Waals surface area (Å²) in [7, 11) is 0. The summed E-state index contributed by atoms with van der Waals surface area (Å²) in [6.07, 6.45) is 5.88. The number of benzene rings is 3. The third-order valence-corrected chi connectivity index (χ3v) is 11.6. The second-order valence-electron chi connectivity index (χ2n) is 20.0. The third-order valence-electron chi connectivity index (χ3n) is 11.6. The van der Waals surface area contributed by atoms with Gasteiger partial charge in [0, 0.05) is 72.1 Å². The average molecular weight is 942 g/mol. The maximum Gasteiger partial charge on any atom is 0.336 e. The molecule has 0 spiro atoms. The van der Waals surface area contributed by atoms with Crippen molar-refractivity contribution in [2.24, 2.45) is 16.6 Å². The highest BCUT2D eigenvalue weighted by Crippen LogP contribution is 2.42. The van der Waals surface area contributed by atoms with Gasteiger partial charge >= 0.3 is 5.97 Å². The number of carboxylic acids is 1. The van der Waals surface area contributed by atoms with Crippen LogP contribution in [0.4, 0.5) is 0 Å². The van der Waals surface area contributed by atoms with E-state index in [0.717, 1.165) is 13.0 Å². The van der Waals surface area contributed by atoms with Crippen LogP contribution in [-0.2, 0) is 23.9 Å². The van der Waals surface area contributed by atoms with Crippen LogP contribution in [0.3, 0.4) is 0 Å². The van der Waals surface area contributed by atoms with Crippen LogP contribution in [0.25, 0.3) is 33.4 Å². The highest BCUT2D eigenvalue weighted by atomic mass is 16.5. The number of aromatic hydroxyl groups is 1. The fourth-order valence-corrected chi connectivity index (χ4v) is 7.94. The summed E-state index contributed by atoms with van der Waals surface area (Å²) in [4.78, 5) is 76.3. The van der Waals surface area contributed by atoms with Gasteiger partial charge in [0.05, 0.1) is 30.0 Å². The van der Waals surface area contributed by atoms with Gasteiger partial charge in [-0.25, -0.2) is 4.79 Å². The molecule has 16 nitrogen and oxygen atoms in total. The Balaban J connectivity index is 1.23. The van der Waals surface area contributed by atoms with Crippen molar-refractivity contribution in [2.45, 2.75) is 118 Å². The molecule has 16 heteroatoms. The Kier molecular flexibility index (Phi) is 19.0. The lowest BCUT2D eigenvalue weighted by molar-refractivity contribution is -0.144. The van der Waals surface area contributed by atoms with E-state index in [1.165, 1.54) is 42.5 Å². The van der Waals surface area contributed by atoms with Gasteiger partial charge in [0.1, 0.15) is 23.1 Å². The van der Waals surface area contributed by atoms with Crippen molar-refractivity contribution in [3.8, 4) is 28.2 Å². The number of hydrogen-bond acceptors (Lipinski definition) is 12. The Morgan fingerprint density at radius 2 is 1.56 bits per heavy atom. The third kappa shape index (κ3) is 16.3. The van der Waals surface area contributed by atoms with Crippen LogP contribution in [0.1, 0.15) is 122 Å². The Morgan fingerprint density at radius 3 is 2.24 bits per heavy atom. The first-order valence-corrected chi connectivity index (χ1v) is 23.2. The number of rotatable bonds is 28. The van der Waals surface area contributed by atoms with Gasteiger partial charge < -0.3 is 51.1 Å². The van der Waals surface area contributed by atoms with Crippen molar-refractivity contribution in [2.75, 3.05) is 39.4 Å². The van der Waals surface area contributed by atoms with Crippen LogP contribution in [-0.4, -0.2) is 96.3 Å². The van der Waals surface area contributed by atoms with Crippen molar-refractivity contribution >= 4 is 40.4 Å². The Labute approximate surface area is 399 Å². The van der Waals surface area contributed by atoms with Crippen molar-refractivity contribution in [3.63, 3.8) is 0 Å². The predicted molar refractivity (Wildman–Crippen MR) is 263 cm³/mol. The molecule has 3 amide bonds. The molecule has 0 radical (unpaired) electrons. The van der Waals surface area contributed by atoms with Crippen LogP contribution in [0, 0.1) is 10.8 Å². The van der Waals surface area contributed by atoms with E-state index >= 15 is 0 Å². The maximum atomic E-state index is 13.4. The minimum atomic E-state index is -1.27. The first kappa shape index (κ1) is 54.5. The van der Waals surface area contributed by atoms with Gasteiger partial charge in [-0.1, -0.05) is 47.6 Å². The van der Waals surface area contributed by atoms with Crippen molar-refractivity contribution in [1.82, 2.24) is 21.3 Å². The van der Waals surface area contributed by atoms with Crippen LogP contribution in [0.2, 0.25) is 0 Å². The lowest BCUT2D eigenvalue weighted by Gasteiger charge is -2.38. The van der Waals surface area contributed by atoms with Gasteiger partial charge in [0.15, 0.2) is 11.2 Å². The van der Waals surface area contributed by atoms with Gasteiger partial charge in [0.25, 0.3) is 5.91 Å². The molecule has 0 aromatic heterocycles. The van der Waals surface area contributed by atoms with E-state index in [1.807, 2.05) is 55.4 Å². The molecule has 8 N–H and O–H groups in total. The standard InChI is InChI=1S/C52H71N5O11/c1-10-52(9,30-54-11-2)68-51(7,8)27-36(60)21-23-55-22-13-12-14-41(46(53)62)57-44(61)28-49(3,4)31-66-32-50(5,6)29-56-47(63)33-15-18-37(40(24-33)48(64)65)45-38-19-16-34(58)25-42(38)67-43-26-35(59)17-20-39(43)45/h15-21,23-26,41,54-55,58H,10-14,22,27-32H2,1-9H3,(H2,53,62)(H,56,63)(H,57,61)(H,64,65). The zero-order valence-corrected chi connectivity index (χ0v) is 41.1. The number of fused-ring (bicyclic) bond motifs is 2. The van der Waals surface area contributed by atoms with E-state index in [0.29, 0.717) is 54.4 Å². The number of unbranched alkanes of at least 4 members (excludes halogenated alkanes) is 1. The number of hydrogen-bond donors (Lipinski definition) is 7. The van der Waals surface area contributed by atoms with Gasteiger partial charge in [-0.3, -0.25) is 24.0 Å². The quantitative estimate of drug-likeness (QED) is 0.0174. The molecule has 2 aromatic carbocycles. The fourth-order valence-electron chi connectivity index (χ4n) is 7.94. The molecule has 0 saturated carbocycles. The number of phenolic OH excluding ortho intramolecular Hbond substituents is 1. The summed E-state index contributed by atoms with van der Waals surface area (Å²) in [5, 5.41) is 33.0. The van der Waals surface area contributed by atoms with Crippen LogP contribution in [0.5, 0.6) is 5.75 Å². The number of amides is 3. The minimum absolute atomic E-state index is 0.0575. The molecular formula is C52H71N5O11. The van der Waals surface area contributed by atoms with E-state index in [1.54, 1.807) is 24.4 Å². The molecule has 4 rings (SSSR count). The van der Waals surface area contributed by atoms with Crippen LogP contribution < -0.4 is 32.4 Å². The maximum absolute atomic E-state index is 13.4. The SMILES string of the molecule is CCNCC(C)(CC)OC(C)(C)CC(=O)C=CNCCCCC(NC(=O)CC(C)(C)COCC(C)(C)CNC(=O)c1ccc(-c2c3ccc(=O)cc-3oc3cc(O)ccc23)c(C(=O)O)c1)C(N)=O. The van der Waals surface area contributed by atoms with Gasteiger partial charge in [0.2, 0.25) is 11.8 Å². The van der Waals surface area contributed by atoms with Crippen LogP contribution in [0.15, 0.2) is 76.1 Å². The van der Waals surface area contributed by atoms with E-state index in [9.17, 15) is 39.0 Å². The zero-order chi connectivity index (χ0) is 50.5. The second-order valence-corrected chi connectivity index (χ2v) is 20.0. The lowest BCUT2D eigenvalue weighted by Crippen LogP contribution is -2.46. The number of carbonyl (C=O) groups excluding carboxylic acids is 4. The fraction of sp³-hybridized carbons (Fsp3) is 0.500. The zero-order valence-electron chi connectivity index (χ0n) is 41.1. The predicted octanol–water partition coefficient (Wildman–Crippen LogP) is 6.93. The number of ketones is 1. The number of primary amides is 1. The average Bonchev–Trinajstić information content (AvgIpc) is 3.24. The molecule has 2 atom stereocenters. The van der Waals surface area contributed by atoms with E-state index in [-0.39, 0.29) is 83.5 Å². The molecule has 0 saturated heterocycles. The Morgan fingerprint density at radius 1 is 0.853 bits per heavy atom. The number of carboxylic acid groups (broad SMARTS) is 1. The number of likely N-dealkylation sites (N-methyl/N-ethyl adjacent to an activating group) is 1. The largest absolute Gasteiger partial charge is 0.508 e. The number of nitrogens with one attached hydrogen (secondary N) is 4. The Hall–Kier alpha value is -6.10. The van der Waals surface area contributed by atoms with Gasteiger partial charge in [-0.15, -0.1) is 0 Å². The first-order valence-electron chi connectivity index (χ1n) is 23.2. The summed E-state index contributed by atoms with van der Waals surface area (Å²) >= 11 is 0. The summed E-state index contributed by atoms with van der Waals surface area (Å²) < 4.78 is 18.3. The minimum Gasteiger partial charge on any atom is -0.508 e. The number of carbonyl (C=O) groups is 5. The normalized spacial score (nSPS) is 13.6. The van der Waals surface area contributed by atoms with Crippen molar-refractivity contribution in [1.29, 1.82) is 0 Å². The van der Waals surface area contributed by atoms with E-state index < -0.39 is 40.3 Å². The molecule has 1 aliphatic carbocycles. The van der Waals surface area contributed by atoms with Crippen molar-refractivity contribution < 1.29 is 48.1 Å². The number of nitrogens with two attached hydrogens (primary N) is 1. The molecule has 68 heavy (non-hydrogen) atoms. The van der Waals surface area contributed by atoms with Crippen LogP contribution >= 0.6 is 0 Å². The molecular weight excluding hydrogens is 871 g/mol. The topological polar surface area (TPSA) is 249 Å². The summed E-state index contributed by atoms with van der Waals surface area (Å²) in [5.41, 5.74) is 4.61. The summed E-state index contributed by atoms with van der Waals surface area (Å²) in [6, 6.07) is 12.2. The number of allylic oxidation sites excluding steroid dienone is 1. The van der Waals surface area contributed by atoms with E-state index in [4.69, 9.17) is 19.6 Å². The summed E-state index contributed by atoms with van der Waals surface area (Å²) in [5.74, 6) is -2.66. The lowest BCUT2D eigenvalue weighted by atomic mass is 9.89. The smallest absolute Gasteiger partial charge is 0.336 e. The first-order chi connectivity index (χ1) is 31.9. The molecule has 2 aromatic rings. The van der Waals surface area contributed by atoms with Gasteiger partial charge in [-0.05, 0) is 113 Å². The molecule has 0 bridgehead atoms. The molecule has 2 unspecified atom stereocenters. The second kappa shape index (κ2) is 23.8. The highest BCUT2D eigenvalue weighted by molar-refractivity contribution is 6.09. The molecule has 1 aliphatic heterocycles. The number of ether oxygens (including phenoxy) is 2. The summed E-state index contributed by atoms with van der Waals surface area (Å²) in [6.45, 7) is 20.2. The molecule has 1 heterocycles. The van der Waals surface area contributed by atoms with E-state index in [2.05, 4.69) is 28.2 Å². The molecule has 0 fully saturated rings. The number of phenols is 1. The van der Waals surface area contributed by atoms with Gasteiger partial charge in [-0.2, -0.15) is 0 Å². The molecule has 2 aliphatic rings. The monoisotopic (exact) mass is 942 g/mol. The number of aromatic carboxylic acids is 1. The Bertz CT molecular complexity index is 2480. The molecule has 370 valence electrons.